The lowest BCUT2D eigenvalue weighted by molar-refractivity contribution is -0.139. The minimum atomic E-state index is -1.29. The van der Waals surface area contributed by atoms with Crippen molar-refractivity contribution in [2.75, 3.05) is 23.0 Å². The molecule has 39 heavy (non-hydrogen) atoms. The number of carbonyl (C=O) groups is 3. The Kier molecular flexibility index (Phi) is 7.74. The van der Waals surface area contributed by atoms with Crippen molar-refractivity contribution in [3.63, 3.8) is 0 Å². The van der Waals surface area contributed by atoms with E-state index in [9.17, 15) is 18.8 Å². The zero-order chi connectivity index (χ0) is 28.4. The third-order valence-corrected chi connectivity index (χ3v) is 7.71. The number of hydrogen-bond donors (Lipinski definition) is 5. The molecule has 3 aromatic rings. The van der Waals surface area contributed by atoms with Gasteiger partial charge >= 0.3 is 6.03 Å². The SMILES string of the molecule is CNC(=O)Nc1ccccc1-c1ccc(NC(=O)C(C)([C@H]2CCc3cc(F)ccc3NC2=O)C(C)(C)N)cc1. The molecule has 0 aliphatic carbocycles. The van der Waals surface area contributed by atoms with Gasteiger partial charge in [-0.25, -0.2) is 9.18 Å². The first-order valence-electron chi connectivity index (χ1n) is 12.8. The van der Waals surface area contributed by atoms with Gasteiger partial charge in [0.05, 0.1) is 17.0 Å². The summed E-state index contributed by atoms with van der Waals surface area (Å²) in [5.41, 5.74) is 8.29. The van der Waals surface area contributed by atoms with Crippen molar-refractivity contribution < 1.29 is 18.8 Å². The second kappa shape index (κ2) is 10.9. The molecule has 8 nitrogen and oxygen atoms in total. The highest BCUT2D eigenvalue weighted by molar-refractivity contribution is 6.03. The summed E-state index contributed by atoms with van der Waals surface area (Å²) in [7, 11) is 1.54. The van der Waals surface area contributed by atoms with Crippen LogP contribution >= 0.6 is 0 Å². The maximum Gasteiger partial charge on any atom is 0.318 e. The number of hydrogen-bond acceptors (Lipinski definition) is 4. The molecule has 1 aliphatic rings. The topological polar surface area (TPSA) is 125 Å². The predicted molar refractivity (Wildman–Crippen MR) is 152 cm³/mol. The van der Waals surface area contributed by atoms with Crippen molar-refractivity contribution >= 4 is 34.9 Å². The summed E-state index contributed by atoms with van der Waals surface area (Å²) in [6.07, 6.45) is 0.758. The molecule has 4 amide bonds. The van der Waals surface area contributed by atoms with Gasteiger partial charge in [-0.05, 0) is 81.1 Å². The lowest BCUT2D eigenvalue weighted by Gasteiger charge is -2.44. The number of carbonyl (C=O) groups excluding carboxylic acids is 3. The normalized spacial score (nSPS) is 16.7. The van der Waals surface area contributed by atoms with Crippen LogP contribution in [0.1, 0.15) is 32.8 Å². The Labute approximate surface area is 227 Å². The minimum Gasteiger partial charge on any atom is -0.341 e. The molecule has 0 spiro atoms. The van der Waals surface area contributed by atoms with Crippen molar-refractivity contribution in [1.29, 1.82) is 0 Å². The predicted octanol–water partition coefficient (Wildman–Crippen LogP) is 5.13. The van der Waals surface area contributed by atoms with E-state index in [4.69, 9.17) is 5.73 Å². The zero-order valence-corrected chi connectivity index (χ0v) is 22.5. The number of benzene rings is 3. The zero-order valence-electron chi connectivity index (χ0n) is 22.5. The molecular weight excluding hydrogens is 497 g/mol. The Morgan fingerprint density at radius 2 is 1.69 bits per heavy atom. The van der Waals surface area contributed by atoms with Crippen LogP contribution in [0.2, 0.25) is 0 Å². The second-order valence-corrected chi connectivity index (χ2v) is 10.6. The number of urea groups is 1. The largest absolute Gasteiger partial charge is 0.341 e. The van der Waals surface area contributed by atoms with Crippen molar-refractivity contribution in [2.45, 2.75) is 39.2 Å². The number of halogens is 1. The average Bonchev–Trinajstić information content (AvgIpc) is 3.06. The molecule has 1 aliphatic heterocycles. The van der Waals surface area contributed by atoms with Gasteiger partial charge in [0.15, 0.2) is 0 Å². The second-order valence-electron chi connectivity index (χ2n) is 10.6. The number of amides is 4. The Hall–Kier alpha value is -4.24. The minimum absolute atomic E-state index is 0.327. The number of rotatable bonds is 6. The van der Waals surface area contributed by atoms with E-state index in [0.29, 0.717) is 35.5 Å². The van der Waals surface area contributed by atoms with Crippen LogP contribution in [-0.2, 0) is 16.0 Å². The van der Waals surface area contributed by atoms with E-state index in [1.165, 1.54) is 12.1 Å². The summed E-state index contributed by atoms with van der Waals surface area (Å²) in [6.45, 7) is 5.17. The smallest absolute Gasteiger partial charge is 0.318 e. The number of anilines is 3. The van der Waals surface area contributed by atoms with Gasteiger partial charge in [0.1, 0.15) is 5.82 Å². The van der Waals surface area contributed by atoms with Crippen LogP contribution in [-0.4, -0.2) is 30.4 Å². The van der Waals surface area contributed by atoms with Gasteiger partial charge in [-0.15, -0.1) is 0 Å². The highest BCUT2D eigenvalue weighted by Gasteiger charge is 2.53. The van der Waals surface area contributed by atoms with Crippen molar-refractivity contribution in [3.8, 4) is 11.1 Å². The molecule has 0 saturated heterocycles. The quantitative estimate of drug-likeness (QED) is 0.302. The number of fused-ring (bicyclic) bond motifs is 1. The van der Waals surface area contributed by atoms with Gasteiger partial charge < -0.3 is 27.0 Å². The molecule has 1 heterocycles. The first-order chi connectivity index (χ1) is 18.4. The number of aryl methyl sites for hydroxylation is 1. The highest BCUT2D eigenvalue weighted by atomic mass is 19.1. The monoisotopic (exact) mass is 531 g/mol. The molecule has 0 bridgehead atoms. The first kappa shape index (κ1) is 27.8. The average molecular weight is 532 g/mol. The maximum atomic E-state index is 13.8. The van der Waals surface area contributed by atoms with Crippen molar-refractivity contribution in [1.82, 2.24) is 5.32 Å². The molecule has 6 N–H and O–H groups in total. The number of para-hydroxylation sites is 1. The third kappa shape index (κ3) is 5.63. The van der Waals surface area contributed by atoms with Crippen molar-refractivity contribution in [2.24, 2.45) is 17.1 Å². The van der Waals surface area contributed by atoms with Gasteiger partial charge in [-0.1, -0.05) is 30.3 Å². The molecule has 0 fully saturated rings. The van der Waals surface area contributed by atoms with E-state index in [1.807, 2.05) is 30.3 Å². The Balaban J connectivity index is 1.58. The van der Waals surface area contributed by atoms with E-state index in [1.54, 1.807) is 52.1 Å². The molecule has 0 saturated carbocycles. The fourth-order valence-corrected chi connectivity index (χ4v) is 5.02. The number of nitrogens with two attached hydrogens (primary N) is 1. The van der Waals surface area contributed by atoms with Gasteiger partial charge in [0.25, 0.3) is 0 Å². The summed E-state index contributed by atoms with van der Waals surface area (Å²) >= 11 is 0. The van der Waals surface area contributed by atoms with E-state index in [-0.39, 0.29) is 23.7 Å². The molecule has 9 heteroatoms. The third-order valence-electron chi connectivity index (χ3n) is 7.71. The van der Waals surface area contributed by atoms with Crippen LogP contribution in [0.4, 0.5) is 26.2 Å². The number of nitrogens with one attached hydrogen (secondary N) is 4. The summed E-state index contributed by atoms with van der Waals surface area (Å²) in [5, 5.41) is 11.2. The summed E-state index contributed by atoms with van der Waals surface area (Å²) in [6, 6.07) is 18.5. The summed E-state index contributed by atoms with van der Waals surface area (Å²) in [4.78, 5) is 39.1. The molecule has 2 atom stereocenters. The van der Waals surface area contributed by atoms with Gasteiger partial charge in [-0.3, -0.25) is 9.59 Å². The van der Waals surface area contributed by atoms with Crippen LogP contribution in [0.25, 0.3) is 11.1 Å². The Bertz CT molecular complexity index is 1400. The lowest BCUT2D eigenvalue weighted by atomic mass is 9.62. The standard InChI is InChI=1S/C30H34FN5O3/c1-29(2,32)30(3,23-15-11-19-17-20(31)12-16-24(19)35-26(23)37)27(38)34-21-13-9-18(10-14-21)22-7-5-6-8-25(22)36-28(39)33-4/h5-10,12-14,16-17,23H,11,15,32H2,1-4H3,(H,34,38)(H,35,37)(H2,33,36,39)/t23-,30?/m0/s1. The van der Waals surface area contributed by atoms with Gasteiger partial charge in [0.2, 0.25) is 11.8 Å². The fraction of sp³-hybridized carbons (Fsp3) is 0.300. The van der Waals surface area contributed by atoms with E-state index < -0.39 is 16.9 Å². The molecule has 204 valence electrons. The molecule has 4 rings (SSSR count). The van der Waals surface area contributed by atoms with Gasteiger partial charge in [0, 0.05) is 29.5 Å². The van der Waals surface area contributed by atoms with Gasteiger partial charge in [-0.2, -0.15) is 0 Å². The fourth-order valence-electron chi connectivity index (χ4n) is 5.02. The lowest BCUT2D eigenvalue weighted by Crippen LogP contribution is -2.61. The maximum absolute atomic E-state index is 13.8. The van der Waals surface area contributed by atoms with Crippen molar-refractivity contribution in [3.05, 3.63) is 78.1 Å². The molecular formula is C30H34FN5O3. The Morgan fingerprint density at radius 1 is 1.00 bits per heavy atom. The van der Waals surface area contributed by atoms with Crippen LogP contribution in [0, 0.1) is 17.2 Å². The Morgan fingerprint density at radius 3 is 2.36 bits per heavy atom. The van der Waals surface area contributed by atoms with E-state index in [2.05, 4.69) is 21.3 Å². The van der Waals surface area contributed by atoms with Crippen LogP contribution in [0.3, 0.4) is 0 Å². The van der Waals surface area contributed by atoms with Crippen LogP contribution < -0.4 is 27.0 Å². The summed E-state index contributed by atoms with van der Waals surface area (Å²) < 4.78 is 13.8. The first-order valence-corrected chi connectivity index (χ1v) is 12.8. The highest BCUT2D eigenvalue weighted by Crippen LogP contribution is 2.43. The molecule has 3 aromatic carbocycles. The summed E-state index contributed by atoms with van der Waals surface area (Å²) in [5.74, 6) is -1.85. The molecule has 1 unspecified atom stereocenters. The molecule has 0 radical (unpaired) electrons. The van der Waals surface area contributed by atoms with Crippen LogP contribution in [0.5, 0.6) is 0 Å². The molecule has 0 aromatic heterocycles. The van der Waals surface area contributed by atoms with E-state index >= 15 is 0 Å². The van der Waals surface area contributed by atoms with Crippen LogP contribution in [0.15, 0.2) is 66.7 Å². The van der Waals surface area contributed by atoms with E-state index in [0.717, 1.165) is 11.1 Å².